The summed E-state index contributed by atoms with van der Waals surface area (Å²) in [5.74, 6) is -0.462. The number of anilines is 2. The third-order valence-corrected chi connectivity index (χ3v) is 4.47. The summed E-state index contributed by atoms with van der Waals surface area (Å²) in [4.78, 5) is 12.5. The van der Waals surface area contributed by atoms with Gasteiger partial charge in [0.2, 0.25) is 12.7 Å². The van der Waals surface area contributed by atoms with Crippen molar-refractivity contribution in [3.05, 3.63) is 42.0 Å². The molecule has 2 atom stereocenters. The second-order valence-electron chi connectivity index (χ2n) is 6.32. The van der Waals surface area contributed by atoms with Gasteiger partial charge in [-0.05, 0) is 24.0 Å². The zero-order valence-electron chi connectivity index (χ0n) is 14.3. The molecular weight excluding hydrogens is 401 g/mol. The second-order valence-corrected chi connectivity index (χ2v) is 6.32. The van der Waals surface area contributed by atoms with Crippen molar-refractivity contribution >= 4 is 29.7 Å². The van der Waals surface area contributed by atoms with Crippen LogP contribution in [0.25, 0.3) is 0 Å². The van der Waals surface area contributed by atoms with Gasteiger partial charge in [-0.15, -0.1) is 25.6 Å². The number of amides is 1. The van der Waals surface area contributed by atoms with Gasteiger partial charge in [0.1, 0.15) is 5.75 Å². The van der Waals surface area contributed by atoms with Crippen LogP contribution in [0.15, 0.2) is 36.4 Å². The number of ether oxygens (including phenoxy) is 3. The van der Waals surface area contributed by atoms with Gasteiger partial charge in [-0.25, -0.2) is 0 Å². The molecule has 2 aliphatic rings. The quantitative estimate of drug-likeness (QED) is 0.734. The van der Waals surface area contributed by atoms with Gasteiger partial charge in [0.05, 0.1) is 11.4 Å². The summed E-state index contributed by atoms with van der Waals surface area (Å²) in [6, 6.07) is 8.96. The van der Waals surface area contributed by atoms with Gasteiger partial charge in [0.25, 0.3) is 0 Å². The number of fused-ring (bicyclic) bond motifs is 1. The third kappa shape index (κ3) is 4.04. The molecule has 0 aromatic heterocycles. The van der Waals surface area contributed by atoms with Crippen molar-refractivity contribution in [2.45, 2.75) is 18.7 Å². The molecule has 1 aliphatic carbocycles. The number of nitrogens with one attached hydrogen (secondary N) is 1. The lowest BCUT2D eigenvalue weighted by Gasteiger charge is -2.13. The van der Waals surface area contributed by atoms with Crippen molar-refractivity contribution in [3.8, 4) is 17.2 Å². The fourth-order valence-corrected chi connectivity index (χ4v) is 3.12. The van der Waals surface area contributed by atoms with Crippen LogP contribution in [-0.4, -0.2) is 19.1 Å². The first-order valence-corrected chi connectivity index (χ1v) is 8.16. The summed E-state index contributed by atoms with van der Waals surface area (Å²) >= 11 is 0. The Morgan fingerprint density at radius 2 is 1.86 bits per heavy atom. The summed E-state index contributed by atoms with van der Waals surface area (Å²) in [7, 11) is 0. The molecule has 1 aliphatic heterocycles. The molecule has 10 heteroatoms. The van der Waals surface area contributed by atoms with Crippen LogP contribution in [0.5, 0.6) is 17.2 Å². The molecule has 28 heavy (non-hydrogen) atoms. The molecule has 4 rings (SSSR count). The molecule has 1 saturated carbocycles. The van der Waals surface area contributed by atoms with Crippen molar-refractivity contribution in [2.75, 3.05) is 17.8 Å². The van der Waals surface area contributed by atoms with Crippen molar-refractivity contribution in [3.63, 3.8) is 0 Å². The number of benzene rings is 2. The summed E-state index contributed by atoms with van der Waals surface area (Å²) in [5, 5.41) is 2.71. The lowest BCUT2D eigenvalue weighted by Crippen LogP contribution is -2.18. The summed E-state index contributed by atoms with van der Waals surface area (Å²) in [6.45, 7) is 0.0763. The standard InChI is InChI=1S/C18H15F3N2O4.ClH/c19-18(20,21)27-14-4-2-1-3-9(14)10-5-11(10)17(24)23-13-7-16-15(6-12(13)22)25-8-26-16;/h1-4,6-7,10-11H,5,8,22H2,(H,23,24);1H. The Morgan fingerprint density at radius 3 is 2.57 bits per heavy atom. The number of alkyl halides is 3. The minimum absolute atomic E-state index is 0. The van der Waals surface area contributed by atoms with E-state index in [9.17, 15) is 18.0 Å². The number of carbonyl (C=O) groups is 1. The van der Waals surface area contributed by atoms with E-state index in [2.05, 4.69) is 10.1 Å². The number of carbonyl (C=O) groups excluding carboxylic acids is 1. The molecule has 1 heterocycles. The number of rotatable bonds is 4. The smallest absolute Gasteiger partial charge is 0.454 e. The average molecular weight is 417 g/mol. The molecule has 2 aromatic rings. The Kier molecular flexibility index (Phi) is 5.20. The minimum atomic E-state index is -4.79. The number of hydrogen-bond acceptors (Lipinski definition) is 5. The van der Waals surface area contributed by atoms with E-state index < -0.39 is 12.3 Å². The largest absolute Gasteiger partial charge is 0.573 e. The Balaban J connectivity index is 0.00000225. The monoisotopic (exact) mass is 416 g/mol. The third-order valence-electron chi connectivity index (χ3n) is 4.47. The first kappa shape index (κ1) is 19.9. The number of nitrogen functional groups attached to an aromatic ring is 1. The predicted octanol–water partition coefficient (Wildman–Crippen LogP) is 4.06. The highest BCUT2D eigenvalue weighted by Gasteiger charge is 2.46. The molecule has 0 spiro atoms. The number of hydrogen-bond donors (Lipinski definition) is 2. The average Bonchev–Trinajstić information content (AvgIpc) is 3.26. The van der Waals surface area contributed by atoms with Crippen LogP contribution in [0.2, 0.25) is 0 Å². The maximum atomic E-state index is 12.6. The van der Waals surface area contributed by atoms with Gasteiger partial charge in [0, 0.05) is 18.1 Å². The Hall–Kier alpha value is -2.81. The topological polar surface area (TPSA) is 82.8 Å². The molecule has 0 bridgehead atoms. The zero-order valence-corrected chi connectivity index (χ0v) is 15.1. The van der Waals surface area contributed by atoms with Gasteiger partial charge in [0.15, 0.2) is 11.5 Å². The zero-order chi connectivity index (χ0) is 19.2. The Bertz CT molecular complexity index is 907. The van der Waals surface area contributed by atoms with Crippen LogP contribution in [-0.2, 0) is 4.79 Å². The first-order valence-electron chi connectivity index (χ1n) is 8.16. The van der Waals surface area contributed by atoms with Crippen LogP contribution in [0, 0.1) is 5.92 Å². The number of halogens is 4. The van der Waals surface area contributed by atoms with E-state index in [4.69, 9.17) is 15.2 Å². The molecule has 1 amide bonds. The summed E-state index contributed by atoms with van der Waals surface area (Å²) in [5.41, 5.74) is 6.94. The Morgan fingerprint density at radius 1 is 1.18 bits per heavy atom. The van der Waals surface area contributed by atoms with Crippen LogP contribution < -0.4 is 25.3 Å². The normalized spacial score (nSPS) is 19.5. The van der Waals surface area contributed by atoms with Gasteiger partial charge in [-0.2, -0.15) is 0 Å². The van der Waals surface area contributed by atoms with Crippen LogP contribution in [0.4, 0.5) is 24.5 Å². The molecular formula is C18H16ClF3N2O4. The maximum Gasteiger partial charge on any atom is 0.573 e. The van der Waals surface area contributed by atoms with E-state index in [0.29, 0.717) is 34.9 Å². The van der Waals surface area contributed by atoms with E-state index in [0.717, 1.165) is 0 Å². The van der Waals surface area contributed by atoms with Gasteiger partial charge >= 0.3 is 6.36 Å². The fraction of sp³-hybridized carbons (Fsp3) is 0.278. The molecule has 150 valence electrons. The molecule has 0 radical (unpaired) electrons. The van der Waals surface area contributed by atoms with E-state index >= 15 is 0 Å². The molecule has 0 saturated heterocycles. The van der Waals surface area contributed by atoms with Crippen LogP contribution in [0.1, 0.15) is 17.9 Å². The molecule has 1 fully saturated rings. The van der Waals surface area contributed by atoms with Crippen LogP contribution in [0.3, 0.4) is 0 Å². The number of para-hydroxylation sites is 1. The molecule has 6 nitrogen and oxygen atoms in total. The van der Waals surface area contributed by atoms with Gasteiger partial charge in [-0.3, -0.25) is 4.79 Å². The molecule has 2 unspecified atom stereocenters. The fourth-order valence-electron chi connectivity index (χ4n) is 3.12. The van der Waals surface area contributed by atoms with Crippen LogP contribution >= 0.6 is 12.4 Å². The van der Waals surface area contributed by atoms with E-state index in [1.165, 1.54) is 18.2 Å². The SMILES string of the molecule is Cl.Nc1cc2c(cc1NC(=O)C1CC1c1ccccc1OC(F)(F)F)OCO2. The maximum absolute atomic E-state index is 12.6. The minimum Gasteiger partial charge on any atom is -0.454 e. The predicted molar refractivity (Wildman–Crippen MR) is 96.8 cm³/mol. The number of nitrogens with two attached hydrogens (primary N) is 1. The van der Waals surface area contributed by atoms with Crippen molar-refractivity contribution < 1.29 is 32.2 Å². The van der Waals surface area contributed by atoms with Gasteiger partial charge < -0.3 is 25.3 Å². The van der Waals surface area contributed by atoms with Crippen molar-refractivity contribution in [1.29, 1.82) is 0 Å². The lowest BCUT2D eigenvalue weighted by molar-refractivity contribution is -0.274. The summed E-state index contributed by atoms with van der Waals surface area (Å²) < 4.78 is 52.2. The van der Waals surface area contributed by atoms with E-state index in [1.807, 2.05) is 0 Å². The molecule has 2 aromatic carbocycles. The van der Waals surface area contributed by atoms with E-state index in [1.54, 1.807) is 18.2 Å². The van der Waals surface area contributed by atoms with Crippen molar-refractivity contribution in [1.82, 2.24) is 0 Å². The van der Waals surface area contributed by atoms with Gasteiger partial charge in [-0.1, -0.05) is 18.2 Å². The van der Waals surface area contributed by atoms with E-state index in [-0.39, 0.29) is 36.8 Å². The Labute approximate surface area is 164 Å². The van der Waals surface area contributed by atoms with Crippen molar-refractivity contribution in [2.24, 2.45) is 5.92 Å². The highest BCUT2D eigenvalue weighted by molar-refractivity contribution is 5.98. The highest BCUT2D eigenvalue weighted by Crippen LogP contribution is 2.51. The lowest BCUT2D eigenvalue weighted by atomic mass is 10.1. The highest BCUT2D eigenvalue weighted by atomic mass is 35.5. The summed E-state index contributed by atoms with van der Waals surface area (Å²) in [6.07, 6.45) is -4.36. The second kappa shape index (κ2) is 7.31. The molecule has 3 N–H and O–H groups in total. The first-order chi connectivity index (χ1) is 12.8.